The van der Waals surface area contributed by atoms with E-state index in [0.717, 1.165) is 32.5 Å². The van der Waals surface area contributed by atoms with Crippen LogP contribution in [-0.4, -0.2) is 51.7 Å². The van der Waals surface area contributed by atoms with Gasteiger partial charge in [-0.2, -0.15) is 5.10 Å². The van der Waals surface area contributed by atoms with E-state index in [1.807, 2.05) is 17.9 Å². The van der Waals surface area contributed by atoms with Gasteiger partial charge in [-0.25, -0.2) is 0 Å². The zero-order valence-electron chi connectivity index (χ0n) is 18.2. The molecule has 1 saturated heterocycles. The van der Waals surface area contributed by atoms with E-state index < -0.39 is 0 Å². The zero-order chi connectivity index (χ0) is 21.2. The van der Waals surface area contributed by atoms with Gasteiger partial charge in [0.05, 0.1) is 12.7 Å². The number of nitrogens with zero attached hydrogens (tertiary/aromatic N) is 4. The molecule has 5 heteroatoms. The van der Waals surface area contributed by atoms with E-state index in [1.54, 1.807) is 0 Å². The van der Waals surface area contributed by atoms with Crippen LogP contribution in [0.3, 0.4) is 0 Å². The Morgan fingerprint density at radius 1 is 1.00 bits per heavy atom. The maximum absolute atomic E-state index is 13.3. The second kappa shape index (κ2) is 8.67. The van der Waals surface area contributed by atoms with Crippen molar-refractivity contribution >= 4 is 5.91 Å². The summed E-state index contributed by atoms with van der Waals surface area (Å²) in [5, 5.41) is 4.31. The van der Waals surface area contributed by atoms with Crippen molar-refractivity contribution in [2.45, 2.75) is 31.2 Å². The maximum Gasteiger partial charge on any atom is 0.237 e. The van der Waals surface area contributed by atoms with Gasteiger partial charge in [0.25, 0.3) is 0 Å². The standard InChI is InChI=1S/C26H30N4O/c1-28-16-23(15-27-28)20-11-13-29(14-12-20)19-26(31)30-17-22-9-5-6-10-24(22)25(18-30)21-7-3-2-4-8-21/h2-10,15-16,20,25H,11-14,17-19H2,1H3. The van der Waals surface area contributed by atoms with E-state index >= 15 is 0 Å². The van der Waals surface area contributed by atoms with E-state index in [0.29, 0.717) is 19.0 Å². The molecule has 5 rings (SSSR count). The minimum absolute atomic E-state index is 0.242. The quantitative estimate of drug-likeness (QED) is 0.653. The summed E-state index contributed by atoms with van der Waals surface area (Å²) in [6, 6.07) is 19.2. The lowest BCUT2D eigenvalue weighted by molar-refractivity contribution is -0.133. The fourth-order valence-electron chi connectivity index (χ4n) is 5.13. The number of aromatic nitrogens is 2. The molecule has 1 fully saturated rings. The topological polar surface area (TPSA) is 41.4 Å². The number of benzene rings is 2. The van der Waals surface area contributed by atoms with Gasteiger partial charge in [0, 0.05) is 32.3 Å². The Hall–Kier alpha value is -2.92. The average molecular weight is 415 g/mol. The molecule has 31 heavy (non-hydrogen) atoms. The molecular weight excluding hydrogens is 384 g/mol. The Balaban J connectivity index is 1.25. The highest BCUT2D eigenvalue weighted by atomic mass is 16.2. The first kappa shape index (κ1) is 20.0. The molecule has 0 saturated carbocycles. The molecule has 0 radical (unpaired) electrons. The number of rotatable bonds is 4. The molecule has 0 bridgehead atoms. The molecule has 0 aliphatic carbocycles. The molecule has 1 amide bonds. The van der Waals surface area contributed by atoms with E-state index in [2.05, 4.69) is 75.7 Å². The van der Waals surface area contributed by atoms with Gasteiger partial charge in [-0.1, -0.05) is 54.6 Å². The summed E-state index contributed by atoms with van der Waals surface area (Å²) in [4.78, 5) is 17.7. The zero-order valence-corrected chi connectivity index (χ0v) is 18.2. The van der Waals surface area contributed by atoms with Crippen LogP contribution < -0.4 is 0 Å². The highest BCUT2D eigenvalue weighted by Crippen LogP contribution is 2.34. The number of fused-ring (bicyclic) bond motifs is 1. The summed E-state index contributed by atoms with van der Waals surface area (Å²) in [7, 11) is 1.97. The van der Waals surface area contributed by atoms with Crippen molar-refractivity contribution in [2.75, 3.05) is 26.2 Å². The third-order valence-corrected chi connectivity index (χ3v) is 6.89. The number of amides is 1. The van der Waals surface area contributed by atoms with Crippen molar-refractivity contribution < 1.29 is 4.79 Å². The average Bonchev–Trinajstić information content (AvgIpc) is 3.25. The van der Waals surface area contributed by atoms with Gasteiger partial charge in [-0.05, 0) is 54.1 Å². The Labute approximate surface area is 184 Å². The lowest BCUT2D eigenvalue weighted by Gasteiger charge is -2.37. The minimum atomic E-state index is 0.242. The predicted octanol–water partition coefficient (Wildman–Crippen LogP) is 3.77. The first-order valence-corrected chi connectivity index (χ1v) is 11.3. The van der Waals surface area contributed by atoms with Crippen LogP contribution in [-0.2, 0) is 18.4 Å². The van der Waals surface area contributed by atoms with Crippen LogP contribution in [0.5, 0.6) is 0 Å². The van der Waals surface area contributed by atoms with Crippen molar-refractivity contribution in [2.24, 2.45) is 7.05 Å². The Bertz CT molecular complexity index is 1040. The molecule has 2 aliphatic heterocycles. The number of aryl methyl sites for hydroxylation is 1. The minimum Gasteiger partial charge on any atom is -0.336 e. The van der Waals surface area contributed by atoms with Crippen molar-refractivity contribution in [1.29, 1.82) is 0 Å². The van der Waals surface area contributed by atoms with Crippen LogP contribution in [0, 0.1) is 0 Å². The number of hydrogen-bond acceptors (Lipinski definition) is 3. The number of carbonyl (C=O) groups excluding carboxylic acids is 1. The number of hydrogen-bond donors (Lipinski definition) is 0. The number of piperidine rings is 1. The lowest BCUT2D eigenvalue weighted by atomic mass is 9.84. The molecule has 1 unspecified atom stereocenters. The summed E-state index contributed by atoms with van der Waals surface area (Å²) >= 11 is 0. The molecule has 0 N–H and O–H groups in total. The Morgan fingerprint density at radius 3 is 2.48 bits per heavy atom. The summed E-state index contributed by atoms with van der Waals surface area (Å²) < 4.78 is 1.88. The molecule has 3 aromatic rings. The van der Waals surface area contributed by atoms with Gasteiger partial charge >= 0.3 is 0 Å². The van der Waals surface area contributed by atoms with Crippen LogP contribution in [0.2, 0.25) is 0 Å². The SMILES string of the molecule is Cn1cc(C2CCN(CC(=O)N3Cc4ccccc4C(c4ccccc4)C3)CC2)cn1. The van der Waals surface area contributed by atoms with Crippen LogP contribution >= 0.6 is 0 Å². The van der Waals surface area contributed by atoms with Crippen molar-refractivity contribution in [1.82, 2.24) is 19.6 Å². The Morgan fingerprint density at radius 2 is 1.74 bits per heavy atom. The van der Waals surface area contributed by atoms with Gasteiger partial charge in [0.15, 0.2) is 0 Å². The monoisotopic (exact) mass is 414 g/mol. The highest BCUT2D eigenvalue weighted by Gasteiger charge is 2.30. The first-order chi connectivity index (χ1) is 15.2. The van der Waals surface area contributed by atoms with E-state index in [4.69, 9.17) is 0 Å². The summed E-state index contributed by atoms with van der Waals surface area (Å²) in [5.74, 6) is 1.05. The smallest absolute Gasteiger partial charge is 0.237 e. The second-order valence-corrected chi connectivity index (χ2v) is 8.93. The fourth-order valence-corrected chi connectivity index (χ4v) is 5.13. The largest absolute Gasteiger partial charge is 0.336 e. The predicted molar refractivity (Wildman–Crippen MR) is 122 cm³/mol. The summed E-state index contributed by atoms with van der Waals surface area (Å²) in [5.41, 5.74) is 5.23. The molecule has 1 aromatic heterocycles. The summed E-state index contributed by atoms with van der Waals surface area (Å²) in [6.07, 6.45) is 6.30. The van der Waals surface area contributed by atoms with Crippen LogP contribution in [0.15, 0.2) is 67.0 Å². The second-order valence-electron chi connectivity index (χ2n) is 8.93. The van der Waals surface area contributed by atoms with Gasteiger partial charge in [0.2, 0.25) is 5.91 Å². The van der Waals surface area contributed by atoms with Gasteiger partial charge < -0.3 is 4.90 Å². The van der Waals surface area contributed by atoms with Gasteiger partial charge in [-0.3, -0.25) is 14.4 Å². The highest BCUT2D eigenvalue weighted by molar-refractivity contribution is 5.79. The molecule has 2 aromatic carbocycles. The molecule has 1 atom stereocenters. The van der Waals surface area contributed by atoms with Gasteiger partial charge in [-0.15, -0.1) is 0 Å². The molecule has 0 spiro atoms. The first-order valence-electron chi connectivity index (χ1n) is 11.3. The third-order valence-electron chi connectivity index (χ3n) is 6.89. The van der Waals surface area contributed by atoms with E-state index in [1.165, 1.54) is 22.3 Å². The fraction of sp³-hybridized carbons (Fsp3) is 0.385. The molecule has 5 nitrogen and oxygen atoms in total. The Kier molecular flexibility index (Phi) is 5.60. The van der Waals surface area contributed by atoms with Crippen molar-refractivity contribution in [3.63, 3.8) is 0 Å². The molecular formula is C26H30N4O. The lowest BCUT2D eigenvalue weighted by Crippen LogP contribution is -2.45. The van der Waals surface area contributed by atoms with Crippen LogP contribution in [0.1, 0.15) is 46.9 Å². The molecule has 3 heterocycles. The summed E-state index contributed by atoms with van der Waals surface area (Å²) in [6.45, 7) is 3.93. The number of carbonyl (C=O) groups is 1. The number of likely N-dealkylation sites (tertiary alicyclic amines) is 1. The maximum atomic E-state index is 13.3. The van der Waals surface area contributed by atoms with E-state index in [-0.39, 0.29) is 11.8 Å². The molecule has 2 aliphatic rings. The van der Waals surface area contributed by atoms with Crippen molar-refractivity contribution in [3.05, 3.63) is 89.2 Å². The molecule has 160 valence electrons. The van der Waals surface area contributed by atoms with Crippen molar-refractivity contribution in [3.8, 4) is 0 Å². The third kappa shape index (κ3) is 4.28. The van der Waals surface area contributed by atoms with Crippen LogP contribution in [0.25, 0.3) is 0 Å². The van der Waals surface area contributed by atoms with Crippen LogP contribution in [0.4, 0.5) is 0 Å². The normalized spacial score (nSPS) is 19.9. The van der Waals surface area contributed by atoms with E-state index in [9.17, 15) is 4.79 Å². The van der Waals surface area contributed by atoms with Gasteiger partial charge in [0.1, 0.15) is 0 Å².